The lowest BCUT2D eigenvalue weighted by Crippen LogP contribution is -2.21. The highest BCUT2D eigenvalue weighted by Crippen LogP contribution is 2.14. The van der Waals surface area contributed by atoms with Crippen molar-refractivity contribution in [1.29, 1.82) is 0 Å². The Kier molecular flexibility index (Phi) is 4.69. The molecule has 0 amide bonds. The second-order valence-corrected chi connectivity index (χ2v) is 5.48. The number of benzene rings is 1. The standard InChI is InChI=1S/C16H21N3O/c1-11(2)9-17-10-14-8-15(20)19-16(18-14)13-6-4-12(3)5-7-13/h4-8,11,17H,9-10H2,1-3H3,(H,18,19,20). The Labute approximate surface area is 119 Å². The van der Waals surface area contributed by atoms with Gasteiger partial charge in [-0.2, -0.15) is 0 Å². The highest BCUT2D eigenvalue weighted by Gasteiger charge is 2.04. The van der Waals surface area contributed by atoms with E-state index in [1.807, 2.05) is 31.2 Å². The lowest BCUT2D eigenvalue weighted by Gasteiger charge is -2.08. The average molecular weight is 271 g/mol. The summed E-state index contributed by atoms with van der Waals surface area (Å²) in [7, 11) is 0. The predicted molar refractivity (Wildman–Crippen MR) is 81.6 cm³/mol. The fourth-order valence-electron chi connectivity index (χ4n) is 1.94. The first-order valence-corrected chi connectivity index (χ1v) is 6.92. The zero-order valence-electron chi connectivity index (χ0n) is 12.2. The van der Waals surface area contributed by atoms with E-state index in [0.717, 1.165) is 17.8 Å². The summed E-state index contributed by atoms with van der Waals surface area (Å²) in [4.78, 5) is 19.0. The van der Waals surface area contributed by atoms with Crippen LogP contribution < -0.4 is 10.9 Å². The van der Waals surface area contributed by atoms with Gasteiger partial charge in [-0.1, -0.05) is 43.7 Å². The van der Waals surface area contributed by atoms with Gasteiger partial charge in [0.1, 0.15) is 5.82 Å². The summed E-state index contributed by atoms with van der Waals surface area (Å²) in [6.07, 6.45) is 0. The van der Waals surface area contributed by atoms with E-state index in [1.165, 1.54) is 5.56 Å². The van der Waals surface area contributed by atoms with Gasteiger partial charge >= 0.3 is 0 Å². The molecule has 0 aliphatic rings. The maximum absolute atomic E-state index is 11.7. The largest absolute Gasteiger partial charge is 0.311 e. The first-order valence-electron chi connectivity index (χ1n) is 6.92. The van der Waals surface area contributed by atoms with Crippen molar-refractivity contribution in [3.63, 3.8) is 0 Å². The monoisotopic (exact) mass is 271 g/mol. The predicted octanol–water partition coefficient (Wildman–Crippen LogP) is 2.49. The Morgan fingerprint density at radius 2 is 1.95 bits per heavy atom. The third-order valence-corrected chi connectivity index (χ3v) is 2.98. The smallest absolute Gasteiger partial charge is 0.251 e. The molecule has 1 aromatic heterocycles. The van der Waals surface area contributed by atoms with Crippen LogP contribution in [0.2, 0.25) is 0 Å². The van der Waals surface area contributed by atoms with Crippen LogP contribution in [0.15, 0.2) is 35.1 Å². The van der Waals surface area contributed by atoms with Gasteiger partial charge < -0.3 is 10.3 Å². The topological polar surface area (TPSA) is 57.8 Å². The molecule has 0 saturated heterocycles. The summed E-state index contributed by atoms with van der Waals surface area (Å²) in [5, 5.41) is 3.30. The Morgan fingerprint density at radius 1 is 1.25 bits per heavy atom. The number of aromatic nitrogens is 2. The van der Waals surface area contributed by atoms with Gasteiger partial charge in [-0.05, 0) is 19.4 Å². The number of rotatable bonds is 5. The van der Waals surface area contributed by atoms with Crippen LogP contribution in [-0.2, 0) is 6.54 Å². The molecule has 1 heterocycles. The molecule has 20 heavy (non-hydrogen) atoms. The van der Waals surface area contributed by atoms with Crippen LogP contribution in [0, 0.1) is 12.8 Å². The fraction of sp³-hybridized carbons (Fsp3) is 0.375. The summed E-state index contributed by atoms with van der Waals surface area (Å²) >= 11 is 0. The first-order chi connectivity index (χ1) is 9.54. The van der Waals surface area contributed by atoms with E-state index in [4.69, 9.17) is 0 Å². The highest BCUT2D eigenvalue weighted by atomic mass is 16.1. The Balaban J connectivity index is 2.20. The number of nitrogens with zero attached hydrogens (tertiary/aromatic N) is 1. The zero-order valence-corrected chi connectivity index (χ0v) is 12.2. The maximum Gasteiger partial charge on any atom is 0.251 e. The number of aryl methyl sites for hydroxylation is 1. The molecule has 0 atom stereocenters. The van der Waals surface area contributed by atoms with Gasteiger partial charge in [0.25, 0.3) is 5.56 Å². The minimum absolute atomic E-state index is 0.114. The van der Waals surface area contributed by atoms with E-state index in [0.29, 0.717) is 18.3 Å². The molecule has 0 bridgehead atoms. The van der Waals surface area contributed by atoms with E-state index in [-0.39, 0.29) is 5.56 Å². The van der Waals surface area contributed by atoms with Crippen molar-refractivity contribution in [2.45, 2.75) is 27.3 Å². The fourth-order valence-corrected chi connectivity index (χ4v) is 1.94. The van der Waals surface area contributed by atoms with Crippen LogP contribution in [-0.4, -0.2) is 16.5 Å². The van der Waals surface area contributed by atoms with Crippen LogP contribution >= 0.6 is 0 Å². The lowest BCUT2D eigenvalue weighted by molar-refractivity contribution is 0.548. The maximum atomic E-state index is 11.7. The van der Waals surface area contributed by atoms with Gasteiger partial charge in [-0.15, -0.1) is 0 Å². The quantitative estimate of drug-likeness (QED) is 0.878. The molecule has 0 aliphatic heterocycles. The summed E-state index contributed by atoms with van der Waals surface area (Å²) in [5.74, 6) is 1.20. The van der Waals surface area contributed by atoms with Crippen molar-refractivity contribution >= 4 is 0 Å². The van der Waals surface area contributed by atoms with E-state index in [2.05, 4.69) is 29.1 Å². The molecule has 0 saturated carbocycles. The van der Waals surface area contributed by atoms with Crippen LogP contribution in [0.25, 0.3) is 11.4 Å². The van der Waals surface area contributed by atoms with Crippen molar-refractivity contribution in [1.82, 2.24) is 15.3 Å². The second-order valence-electron chi connectivity index (χ2n) is 5.48. The van der Waals surface area contributed by atoms with Gasteiger partial charge in [0.05, 0.1) is 5.69 Å². The van der Waals surface area contributed by atoms with Crippen molar-refractivity contribution in [3.8, 4) is 11.4 Å². The van der Waals surface area contributed by atoms with Gasteiger partial charge in [0, 0.05) is 18.2 Å². The Hall–Kier alpha value is -1.94. The number of nitrogens with one attached hydrogen (secondary N) is 2. The molecular formula is C16H21N3O. The van der Waals surface area contributed by atoms with Crippen molar-refractivity contribution in [2.75, 3.05) is 6.54 Å². The molecule has 0 spiro atoms. The normalized spacial score (nSPS) is 11.0. The first kappa shape index (κ1) is 14.5. The van der Waals surface area contributed by atoms with E-state index < -0.39 is 0 Å². The summed E-state index contributed by atoms with van der Waals surface area (Å²) < 4.78 is 0. The third kappa shape index (κ3) is 4.03. The van der Waals surface area contributed by atoms with Gasteiger partial charge in [-0.3, -0.25) is 4.79 Å². The molecule has 2 rings (SSSR count). The average Bonchev–Trinajstić information content (AvgIpc) is 2.38. The SMILES string of the molecule is Cc1ccc(-c2nc(CNCC(C)C)cc(=O)[nH]2)cc1. The van der Waals surface area contributed by atoms with Crippen LogP contribution in [0.5, 0.6) is 0 Å². The van der Waals surface area contributed by atoms with E-state index in [9.17, 15) is 4.79 Å². The summed E-state index contributed by atoms with van der Waals surface area (Å²) in [6, 6.07) is 9.51. The molecule has 1 aromatic carbocycles. The summed E-state index contributed by atoms with van der Waals surface area (Å²) in [6.45, 7) is 7.85. The molecule has 2 N–H and O–H groups in total. The summed E-state index contributed by atoms with van der Waals surface area (Å²) in [5.41, 5.74) is 2.77. The van der Waals surface area contributed by atoms with Crippen LogP contribution in [0.4, 0.5) is 0 Å². The minimum atomic E-state index is -0.114. The van der Waals surface area contributed by atoms with E-state index >= 15 is 0 Å². The second kappa shape index (κ2) is 6.48. The number of hydrogen-bond acceptors (Lipinski definition) is 3. The van der Waals surface area contributed by atoms with E-state index in [1.54, 1.807) is 6.07 Å². The molecular weight excluding hydrogens is 250 g/mol. The highest BCUT2D eigenvalue weighted by molar-refractivity contribution is 5.55. The Bertz CT molecular complexity index is 614. The Morgan fingerprint density at radius 3 is 2.60 bits per heavy atom. The lowest BCUT2D eigenvalue weighted by atomic mass is 10.1. The molecule has 0 aliphatic carbocycles. The molecule has 0 unspecified atom stereocenters. The number of H-pyrrole nitrogens is 1. The zero-order chi connectivity index (χ0) is 14.5. The molecule has 0 radical (unpaired) electrons. The molecule has 2 aromatic rings. The molecule has 0 fully saturated rings. The van der Waals surface area contributed by atoms with Gasteiger partial charge in [0.15, 0.2) is 0 Å². The minimum Gasteiger partial charge on any atom is -0.311 e. The molecule has 4 nitrogen and oxygen atoms in total. The van der Waals surface area contributed by atoms with Gasteiger partial charge in [0.2, 0.25) is 0 Å². The van der Waals surface area contributed by atoms with Crippen LogP contribution in [0.1, 0.15) is 25.1 Å². The molecule has 4 heteroatoms. The molecule has 106 valence electrons. The number of aromatic amines is 1. The van der Waals surface area contributed by atoms with Crippen molar-refractivity contribution in [2.24, 2.45) is 5.92 Å². The van der Waals surface area contributed by atoms with Crippen molar-refractivity contribution in [3.05, 3.63) is 51.9 Å². The van der Waals surface area contributed by atoms with Gasteiger partial charge in [-0.25, -0.2) is 4.98 Å². The number of hydrogen-bond donors (Lipinski definition) is 2. The third-order valence-electron chi connectivity index (χ3n) is 2.98. The van der Waals surface area contributed by atoms with Crippen molar-refractivity contribution < 1.29 is 0 Å². The van der Waals surface area contributed by atoms with Crippen LogP contribution in [0.3, 0.4) is 0 Å².